The molecule has 1 saturated carbocycles. The number of hydrogen-bond acceptors (Lipinski definition) is 5. The van der Waals surface area contributed by atoms with E-state index in [2.05, 4.69) is 10.3 Å². The molecule has 0 aliphatic heterocycles. The minimum absolute atomic E-state index is 0. The van der Waals surface area contributed by atoms with E-state index in [1.807, 2.05) is 30.1 Å². The summed E-state index contributed by atoms with van der Waals surface area (Å²) in [4.78, 5) is 0. The van der Waals surface area contributed by atoms with Gasteiger partial charge in [0.25, 0.3) is 0 Å². The van der Waals surface area contributed by atoms with E-state index >= 15 is 0 Å². The summed E-state index contributed by atoms with van der Waals surface area (Å²) in [5.74, 6) is 0.784. The number of halogens is 1. The van der Waals surface area contributed by atoms with Gasteiger partial charge in [-0.1, -0.05) is 36.2 Å². The first-order valence-electron chi connectivity index (χ1n) is 7.22. The van der Waals surface area contributed by atoms with Gasteiger partial charge in [-0.25, -0.2) is 0 Å². The molecule has 2 aromatic rings. The number of furan rings is 1. The van der Waals surface area contributed by atoms with Crippen LogP contribution in [0.15, 0.2) is 27.8 Å². The lowest BCUT2D eigenvalue weighted by atomic mass is 10.0. The quantitative estimate of drug-likeness (QED) is 0.911. The van der Waals surface area contributed by atoms with Crippen molar-refractivity contribution in [3.05, 3.63) is 18.3 Å². The third kappa shape index (κ3) is 4.25. The number of hydrogen-bond donors (Lipinski definition) is 1. The molecular formula is C14H21ClN4OS. The number of nitrogens with two attached hydrogens (primary N) is 1. The van der Waals surface area contributed by atoms with Crippen LogP contribution in [0.5, 0.6) is 0 Å². The monoisotopic (exact) mass is 328 g/mol. The summed E-state index contributed by atoms with van der Waals surface area (Å²) in [5, 5.41) is 9.84. The molecule has 116 valence electrons. The minimum Gasteiger partial charge on any atom is -0.448 e. The highest BCUT2D eigenvalue weighted by Crippen LogP contribution is 2.35. The summed E-state index contributed by atoms with van der Waals surface area (Å²) >= 11 is 1.86. The number of aromatic nitrogens is 3. The van der Waals surface area contributed by atoms with Crippen LogP contribution in [0.25, 0.3) is 11.5 Å². The van der Waals surface area contributed by atoms with E-state index in [1.54, 1.807) is 4.68 Å². The molecule has 2 N–H and O–H groups in total. The van der Waals surface area contributed by atoms with Crippen LogP contribution in [0.3, 0.4) is 0 Å². The van der Waals surface area contributed by atoms with Gasteiger partial charge in [0, 0.05) is 11.8 Å². The molecule has 0 bridgehead atoms. The van der Waals surface area contributed by atoms with Crippen LogP contribution in [0.4, 0.5) is 0 Å². The molecule has 0 saturated heterocycles. The van der Waals surface area contributed by atoms with Crippen molar-refractivity contribution >= 4 is 24.2 Å². The van der Waals surface area contributed by atoms with E-state index in [-0.39, 0.29) is 12.4 Å². The zero-order valence-electron chi connectivity index (χ0n) is 11.9. The van der Waals surface area contributed by atoms with Crippen molar-refractivity contribution in [3.63, 3.8) is 0 Å². The fraction of sp³-hybridized carbons (Fsp3) is 0.571. The first kappa shape index (κ1) is 16.4. The fourth-order valence-electron chi connectivity index (χ4n) is 2.52. The lowest BCUT2D eigenvalue weighted by molar-refractivity contribution is 0.476. The number of rotatable bonds is 5. The summed E-state index contributed by atoms with van der Waals surface area (Å²) in [6, 6.07) is 4.01. The van der Waals surface area contributed by atoms with Crippen molar-refractivity contribution in [1.29, 1.82) is 0 Å². The van der Waals surface area contributed by atoms with Crippen LogP contribution in [0.2, 0.25) is 0 Å². The van der Waals surface area contributed by atoms with E-state index in [0.717, 1.165) is 16.5 Å². The Bertz CT molecular complexity index is 551. The smallest absolute Gasteiger partial charge is 0.161 e. The van der Waals surface area contributed by atoms with Gasteiger partial charge in [0.05, 0.1) is 12.7 Å². The van der Waals surface area contributed by atoms with Gasteiger partial charge in [-0.3, -0.25) is 4.68 Å². The van der Waals surface area contributed by atoms with E-state index in [9.17, 15) is 0 Å². The average molecular weight is 329 g/mol. The van der Waals surface area contributed by atoms with Gasteiger partial charge < -0.3 is 10.2 Å². The van der Waals surface area contributed by atoms with Crippen LogP contribution >= 0.6 is 24.2 Å². The summed E-state index contributed by atoms with van der Waals surface area (Å²) in [7, 11) is 0. The molecule has 7 heteroatoms. The SMILES string of the molecule is Cl.NCCn1cc(-c2ccc(SC3CCCCC3)o2)nn1. The normalized spacial score (nSPS) is 15.9. The molecular weight excluding hydrogens is 308 g/mol. The molecule has 0 atom stereocenters. The molecule has 1 fully saturated rings. The van der Waals surface area contributed by atoms with E-state index in [0.29, 0.717) is 18.3 Å². The van der Waals surface area contributed by atoms with Crippen LogP contribution in [0.1, 0.15) is 32.1 Å². The average Bonchev–Trinajstić information content (AvgIpc) is 3.10. The molecule has 0 amide bonds. The van der Waals surface area contributed by atoms with Gasteiger partial charge in [-0.2, -0.15) is 0 Å². The second kappa shape index (κ2) is 7.87. The van der Waals surface area contributed by atoms with Gasteiger partial charge in [0.1, 0.15) is 5.69 Å². The zero-order valence-corrected chi connectivity index (χ0v) is 13.5. The zero-order chi connectivity index (χ0) is 13.8. The first-order chi connectivity index (χ1) is 9.85. The Balaban J connectivity index is 0.00000161. The third-order valence-corrected chi connectivity index (χ3v) is 4.82. The van der Waals surface area contributed by atoms with Crippen molar-refractivity contribution in [3.8, 4) is 11.5 Å². The maximum absolute atomic E-state index is 5.88. The molecule has 5 nitrogen and oxygen atoms in total. The lowest BCUT2D eigenvalue weighted by Gasteiger charge is -2.19. The molecule has 2 heterocycles. The Hall–Kier alpha value is -0.980. The van der Waals surface area contributed by atoms with Gasteiger partial charge in [0.15, 0.2) is 10.9 Å². The molecule has 2 aromatic heterocycles. The maximum Gasteiger partial charge on any atom is 0.161 e. The van der Waals surface area contributed by atoms with Crippen LogP contribution < -0.4 is 5.73 Å². The molecule has 1 aliphatic carbocycles. The second-order valence-corrected chi connectivity index (χ2v) is 6.46. The Kier molecular flexibility index (Phi) is 6.14. The molecule has 3 rings (SSSR count). The Morgan fingerprint density at radius 2 is 2.10 bits per heavy atom. The van der Waals surface area contributed by atoms with Crippen molar-refractivity contribution in [1.82, 2.24) is 15.0 Å². The van der Waals surface area contributed by atoms with E-state index in [4.69, 9.17) is 10.2 Å². The number of thioether (sulfide) groups is 1. The standard InChI is InChI=1S/C14H20N4OS.ClH/c15-8-9-18-10-12(16-17-18)13-6-7-14(19-13)20-11-4-2-1-3-5-11;/h6-7,10-11H,1-5,8-9,15H2;1H. The molecule has 1 aliphatic rings. The van der Waals surface area contributed by atoms with Crippen LogP contribution in [-0.2, 0) is 6.54 Å². The van der Waals surface area contributed by atoms with E-state index < -0.39 is 0 Å². The summed E-state index contributed by atoms with van der Waals surface area (Å²) < 4.78 is 7.62. The molecule has 0 aromatic carbocycles. The van der Waals surface area contributed by atoms with Gasteiger partial charge in [-0.05, 0) is 25.0 Å². The Morgan fingerprint density at radius 3 is 2.86 bits per heavy atom. The van der Waals surface area contributed by atoms with Gasteiger partial charge in [-0.15, -0.1) is 17.5 Å². The lowest BCUT2D eigenvalue weighted by Crippen LogP contribution is -2.10. The van der Waals surface area contributed by atoms with Crippen molar-refractivity contribution in [2.24, 2.45) is 5.73 Å². The van der Waals surface area contributed by atoms with Gasteiger partial charge >= 0.3 is 0 Å². The first-order valence-corrected chi connectivity index (χ1v) is 8.10. The predicted octanol–water partition coefficient (Wildman–Crippen LogP) is 3.34. The fourth-order valence-corrected chi connectivity index (χ4v) is 3.70. The molecule has 21 heavy (non-hydrogen) atoms. The van der Waals surface area contributed by atoms with Crippen LogP contribution in [0, 0.1) is 0 Å². The third-order valence-electron chi connectivity index (χ3n) is 3.57. The molecule has 0 spiro atoms. The largest absolute Gasteiger partial charge is 0.448 e. The summed E-state index contributed by atoms with van der Waals surface area (Å²) in [6.45, 7) is 1.24. The highest BCUT2D eigenvalue weighted by molar-refractivity contribution is 7.99. The Morgan fingerprint density at radius 1 is 1.29 bits per heavy atom. The van der Waals surface area contributed by atoms with Gasteiger partial charge in [0.2, 0.25) is 0 Å². The van der Waals surface area contributed by atoms with Crippen molar-refractivity contribution in [2.75, 3.05) is 6.54 Å². The highest BCUT2D eigenvalue weighted by atomic mass is 35.5. The number of nitrogens with zero attached hydrogens (tertiary/aromatic N) is 3. The second-order valence-electron chi connectivity index (χ2n) is 5.15. The Labute approximate surface area is 135 Å². The maximum atomic E-state index is 5.88. The summed E-state index contributed by atoms with van der Waals surface area (Å²) in [6.07, 6.45) is 8.55. The van der Waals surface area contributed by atoms with Crippen molar-refractivity contribution < 1.29 is 4.42 Å². The minimum atomic E-state index is 0. The molecule has 0 unspecified atom stereocenters. The summed E-state index contributed by atoms with van der Waals surface area (Å²) in [5.41, 5.74) is 6.27. The highest BCUT2D eigenvalue weighted by Gasteiger charge is 2.17. The van der Waals surface area contributed by atoms with Crippen molar-refractivity contribution in [2.45, 2.75) is 49.0 Å². The van der Waals surface area contributed by atoms with E-state index in [1.165, 1.54) is 32.1 Å². The molecule has 0 radical (unpaired) electrons. The van der Waals surface area contributed by atoms with Crippen LogP contribution in [-0.4, -0.2) is 26.8 Å². The topological polar surface area (TPSA) is 69.9 Å². The predicted molar refractivity (Wildman–Crippen MR) is 86.8 cm³/mol.